The Hall–Kier alpha value is -0.260. The summed E-state index contributed by atoms with van der Waals surface area (Å²) in [5.41, 5.74) is 6.17. The van der Waals surface area contributed by atoms with E-state index < -0.39 is 0 Å². The van der Waals surface area contributed by atoms with Crippen molar-refractivity contribution >= 4 is 0 Å². The fourth-order valence-corrected chi connectivity index (χ4v) is 10.5. The number of rotatable bonds is 1. The first-order valence-electron chi connectivity index (χ1n) is 12.9. The molecular formula is C28H46. The molecule has 0 spiro atoms. The SMILES string of the molecule is CC[C@H]1CCC2=C3CC[C@@H]4[C@@]5(C)CCCC(C)(C)[C@@H]5CC[C@@]4(C)[C@]3(C)CC[C@H]21. The largest absolute Gasteiger partial charge is 0.0670 e. The third-order valence-electron chi connectivity index (χ3n) is 12.1. The van der Waals surface area contributed by atoms with Gasteiger partial charge in [0.05, 0.1) is 0 Å². The molecule has 0 radical (unpaired) electrons. The molecule has 5 rings (SSSR count). The summed E-state index contributed by atoms with van der Waals surface area (Å²) in [4.78, 5) is 0. The molecule has 5 aliphatic carbocycles. The Morgan fingerprint density at radius 1 is 0.786 bits per heavy atom. The second-order valence-electron chi connectivity index (χ2n) is 13.1. The third kappa shape index (κ3) is 2.30. The molecule has 0 bridgehead atoms. The first kappa shape index (κ1) is 19.7. The lowest BCUT2D eigenvalue weighted by Crippen LogP contribution is -2.61. The molecule has 0 saturated heterocycles. The van der Waals surface area contributed by atoms with Crippen molar-refractivity contribution in [3.8, 4) is 0 Å². The van der Waals surface area contributed by atoms with Gasteiger partial charge in [0.15, 0.2) is 0 Å². The molecule has 4 saturated carbocycles. The van der Waals surface area contributed by atoms with E-state index in [1.54, 1.807) is 0 Å². The molecule has 4 fully saturated rings. The molecule has 0 nitrogen and oxygen atoms in total. The maximum Gasteiger partial charge on any atom is -0.00568 e. The van der Waals surface area contributed by atoms with Gasteiger partial charge in [0.25, 0.3) is 0 Å². The number of hydrogen-bond acceptors (Lipinski definition) is 0. The molecule has 0 aromatic carbocycles. The second-order valence-corrected chi connectivity index (χ2v) is 13.1. The van der Waals surface area contributed by atoms with Crippen LogP contribution in [-0.4, -0.2) is 0 Å². The quantitative estimate of drug-likeness (QED) is 0.398. The fourth-order valence-electron chi connectivity index (χ4n) is 10.5. The number of hydrogen-bond donors (Lipinski definition) is 0. The summed E-state index contributed by atoms with van der Waals surface area (Å²) >= 11 is 0. The molecular weight excluding hydrogens is 336 g/mol. The average molecular weight is 383 g/mol. The standard InChI is InChI=1S/C28H46/c1-7-19-9-10-21-20(19)13-17-27(5)22(21)11-12-24-26(4)16-8-15-25(2,3)23(26)14-18-28(24,27)6/h19-20,23-24H,7-18H2,1-6H3/t19-,20-,23-,24+,26-,27+,28+/m0/s1. The van der Waals surface area contributed by atoms with E-state index in [0.717, 1.165) is 23.7 Å². The smallest absolute Gasteiger partial charge is 0.00568 e. The van der Waals surface area contributed by atoms with Crippen molar-refractivity contribution in [2.45, 2.75) is 119 Å². The highest BCUT2D eigenvalue weighted by molar-refractivity contribution is 5.35. The lowest BCUT2D eigenvalue weighted by Gasteiger charge is -2.69. The minimum absolute atomic E-state index is 0.500. The monoisotopic (exact) mass is 382 g/mol. The van der Waals surface area contributed by atoms with Crippen molar-refractivity contribution in [2.24, 2.45) is 45.3 Å². The predicted octanol–water partition coefficient (Wildman–Crippen LogP) is 8.56. The molecule has 5 aliphatic rings. The van der Waals surface area contributed by atoms with E-state index in [9.17, 15) is 0 Å². The average Bonchev–Trinajstić information content (AvgIpc) is 3.04. The van der Waals surface area contributed by atoms with Crippen molar-refractivity contribution in [2.75, 3.05) is 0 Å². The molecule has 158 valence electrons. The van der Waals surface area contributed by atoms with E-state index in [-0.39, 0.29) is 0 Å². The highest BCUT2D eigenvalue weighted by Crippen LogP contribution is 2.74. The zero-order chi connectivity index (χ0) is 19.9. The van der Waals surface area contributed by atoms with Gasteiger partial charge in [-0.3, -0.25) is 0 Å². The summed E-state index contributed by atoms with van der Waals surface area (Å²) in [7, 11) is 0. The van der Waals surface area contributed by atoms with Gasteiger partial charge in [-0.25, -0.2) is 0 Å². The zero-order valence-corrected chi connectivity index (χ0v) is 19.8. The maximum absolute atomic E-state index is 2.77. The summed E-state index contributed by atoms with van der Waals surface area (Å²) in [6, 6.07) is 0. The van der Waals surface area contributed by atoms with Gasteiger partial charge in [-0.1, -0.05) is 65.5 Å². The minimum Gasteiger partial charge on any atom is -0.0670 e. The molecule has 0 amide bonds. The van der Waals surface area contributed by atoms with Crippen molar-refractivity contribution < 1.29 is 0 Å². The van der Waals surface area contributed by atoms with Crippen LogP contribution in [0.4, 0.5) is 0 Å². The summed E-state index contributed by atoms with van der Waals surface area (Å²) in [5, 5.41) is 0. The molecule has 0 N–H and O–H groups in total. The highest BCUT2D eigenvalue weighted by Gasteiger charge is 2.65. The summed E-state index contributed by atoms with van der Waals surface area (Å²) in [5.74, 6) is 3.88. The van der Waals surface area contributed by atoms with Crippen molar-refractivity contribution in [3.63, 3.8) is 0 Å². The van der Waals surface area contributed by atoms with E-state index >= 15 is 0 Å². The summed E-state index contributed by atoms with van der Waals surface area (Å²) < 4.78 is 0. The Kier molecular flexibility index (Phi) is 4.31. The number of fused-ring (bicyclic) bond motifs is 6. The van der Waals surface area contributed by atoms with Gasteiger partial charge in [-0.2, -0.15) is 0 Å². The van der Waals surface area contributed by atoms with E-state index in [2.05, 4.69) is 41.5 Å². The van der Waals surface area contributed by atoms with Crippen LogP contribution in [0.5, 0.6) is 0 Å². The topological polar surface area (TPSA) is 0 Å². The molecule has 28 heavy (non-hydrogen) atoms. The van der Waals surface area contributed by atoms with Gasteiger partial charge in [0.1, 0.15) is 0 Å². The van der Waals surface area contributed by atoms with Crippen LogP contribution in [0, 0.1) is 45.3 Å². The van der Waals surface area contributed by atoms with Crippen LogP contribution in [0.3, 0.4) is 0 Å². The van der Waals surface area contributed by atoms with Gasteiger partial charge in [0.2, 0.25) is 0 Å². The van der Waals surface area contributed by atoms with Gasteiger partial charge >= 0.3 is 0 Å². The van der Waals surface area contributed by atoms with E-state index in [1.807, 2.05) is 11.1 Å². The van der Waals surface area contributed by atoms with Gasteiger partial charge in [-0.05, 0) is 110 Å². The summed E-state index contributed by atoms with van der Waals surface area (Å²) in [6.07, 6.45) is 17.7. The van der Waals surface area contributed by atoms with Crippen LogP contribution in [0.25, 0.3) is 0 Å². The number of allylic oxidation sites excluding steroid dienone is 2. The molecule has 0 unspecified atom stereocenters. The lowest BCUT2D eigenvalue weighted by atomic mass is 9.35. The van der Waals surface area contributed by atoms with Crippen LogP contribution < -0.4 is 0 Å². The molecule has 0 heterocycles. The van der Waals surface area contributed by atoms with Crippen LogP contribution in [0.1, 0.15) is 119 Å². The molecule has 0 heteroatoms. The van der Waals surface area contributed by atoms with Crippen molar-refractivity contribution in [1.82, 2.24) is 0 Å². The van der Waals surface area contributed by atoms with Gasteiger partial charge in [0, 0.05) is 0 Å². The Morgan fingerprint density at radius 2 is 1.57 bits per heavy atom. The highest BCUT2D eigenvalue weighted by atomic mass is 14.7. The van der Waals surface area contributed by atoms with Gasteiger partial charge in [-0.15, -0.1) is 0 Å². The Morgan fingerprint density at radius 3 is 2.32 bits per heavy atom. The van der Waals surface area contributed by atoms with Gasteiger partial charge < -0.3 is 0 Å². The maximum atomic E-state index is 2.77. The van der Waals surface area contributed by atoms with Crippen molar-refractivity contribution in [3.05, 3.63) is 11.1 Å². The normalized spacial score (nSPS) is 52.5. The minimum atomic E-state index is 0.500. The third-order valence-corrected chi connectivity index (χ3v) is 12.1. The van der Waals surface area contributed by atoms with Crippen molar-refractivity contribution in [1.29, 1.82) is 0 Å². The zero-order valence-electron chi connectivity index (χ0n) is 19.8. The molecule has 0 aromatic rings. The Bertz CT molecular complexity index is 682. The first-order chi connectivity index (χ1) is 13.2. The van der Waals surface area contributed by atoms with E-state index in [4.69, 9.17) is 0 Å². The first-order valence-corrected chi connectivity index (χ1v) is 12.9. The molecule has 0 aliphatic heterocycles. The molecule has 0 aromatic heterocycles. The Labute approximate surface area is 175 Å². The second kappa shape index (κ2) is 6.13. The van der Waals surface area contributed by atoms with Crippen LogP contribution in [0.2, 0.25) is 0 Å². The van der Waals surface area contributed by atoms with E-state index in [1.165, 1.54) is 77.0 Å². The van der Waals surface area contributed by atoms with Crippen LogP contribution >= 0.6 is 0 Å². The van der Waals surface area contributed by atoms with E-state index in [0.29, 0.717) is 21.7 Å². The Balaban J connectivity index is 1.56. The summed E-state index contributed by atoms with van der Waals surface area (Å²) in [6.45, 7) is 15.9. The predicted molar refractivity (Wildman–Crippen MR) is 120 cm³/mol. The van der Waals surface area contributed by atoms with Crippen LogP contribution in [0.15, 0.2) is 11.1 Å². The van der Waals surface area contributed by atoms with Crippen LogP contribution in [-0.2, 0) is 0 Å². The lowest BCUT2D eigenvalue weighted by molar-refractivity contribution is -0.178. The molecule has 7 atom stereocenters. The fraction of sp³-hybridized carbons (Fsp3) is 0.929.